The first kappa shape index (κ1) is 22.4. The number of benzene rings is 2. The number of hydrogen-bond acceptors (Lipinski definition) is 6. The van der Waals surface area contributed by atoms with Crippen LogP contribution in [0.1, 0.15) is 24.5 Å². The van der Waals surface area contributed by atoms with Gasteiger partial charge in [-0.05, 0) is 30.2 Å². The van der Waals surface area contributed by atoms with Gasteiger partial charge in [-0.2, -0.15) is 0 Å². The Morgan fingerprint density at radius 2 is 1.74 bits per heavy atom. The van der Waals surface area contributed by atoms with E-state index in [1.807, 2.05) is 25.1 Å². The summed E-state index contributed by atoms with van der Waals surface area (Å²) in [7, 11) is 3.25. The van der Waals surface area contributed by atoms with Crippen molar-refractivity contribution < 1.29 is 24.2 Å². The zero-order valence-corrected chi connectivity index (χ0v) is 18.1. The first-order valence-corrected chi connectivity index (χ1v) is 10.3. The zero-order chi connectivity index (χ0) is 22.4. The molecule has 0 fully saturated rings. The van der Waals surface area contributed by atoms with Crippen LogP contribution in [0.25, 0.3) is 5.57 Å². The summed E-state index contributed by atoms with van der Waals surface area (Å²) in [4.78, 5) is 29.5. The maximum Gasteiger partial charge on any atom is 0.278 e. The van der Waals surface area contributed by atoms with E-state index in [4.69, 9.17) is 9.47 Å². The summed E-state index contributed by atoms with van der Waals surface area (Å²) in [6.07, 6.45) is 0.897. The van der Waals surface area contributed by atoms with Gasteiger partial charge in [0.25, 0.3) is 11.8 Å². The van der Waals surface area contributed by atoms with E-state index in [2.05, 4.69) is 0 Å². The van der Waals surface area contributed by atoms with Crippen LogP contribution in [0.15, 0.2) is 54.2 Å². The van der Waals surface area contributed by atoms with E-state index in [1.165, 1.54) is 4.90 Å². The number of imide groups is 1. The van der Waals surface area contributed by atoms with Crippen molar-refractivity contribution in [2.45, 2.75) is 19.9 Å². The molecule has 7 nitrogen and oxygen atoms in total. The number of carbonyl (C=O) groups is 2. The number of likely N-dealkylation sites (N-methyl/N-ethyl adjacent to an activating group) is 1. The van der Waals surface area contributed by atoms with Gasteiger partial charge in [0.1, 0.15) is 17.2 Å². The van der Waals surface area contributed by atoms with Gasteiger partial charge in [-0.1, -0.05) is 37.3 Å². The minimum Gasteiger partial charge on any atom is -0.496 e. The van der Waals surface area contributed by atoms with Crippen LogP contribution in [0, 0.1) is 0 Å². The van der Waals surface area contributed by atoms with Gasteiger partial charge in [-0.15, -0.1) is 0 Å². The van der Waals surface area contributed by atoms with Gasteiger partial charge in [0.15, 0.2) is 0 Å². The van der Waals surface area contributed by atoms with Crippen molar-refractivity contribution >= 4 is 17.4 Å². The number of para-hydroxylation sites is 1. The van der Waals surface area contributed by atoms with Crippen molar-refractivity contribution in [2.24, 2.45) is 0 Å². The number of carbonyl (C=O) groups excluding carboxylic acids is 2. The normalized spacial score (nSPS) is 13.7. The Morgan fingerprint density at radius 1 is 1.03 bits per heavy atom. The maximum atomic E-state index is 13.4. The standard InChI is InChI=1S/C24H28N2O5/c1-4-15-31-19-11-9-17(10-12-19)21-22(25(2)13-14-27)24(29)26(23(21)28)16-18-7-5-6-8-20(18)30-3/h5-12,27H,4,13-16H2,1-3H3. The molecule has 0 bridgehead atoms. The molecule has 1 N–H and O–H groups in total. The lowest BCUT2D eigenvalue weighted by Crippen LogP contribution is -2.34. The molecule has 0 aliphatic carbocycles. The third-order valence-electron chi connectivity index (χ3n) is 5.10. The van der Waals surface area contributed by atoms with E-state index in [1.54, 1.807) is 49.4 Å². The first-order chi connectivity index (χ1) is 15.0. The molecule has 1 heterocycles. The molecular weight excluding hydrogens is 396 g/mol. The van der Waals surface area contributed by atoms with E-state index in [9.17, 15) is 14.7 Å². The van der Waals surface area contributed by atoms with Gasteiger partial charge in [0.05, 0.1) is 32.4 Å². The van der Waals surface area contributed by atoms with Crippen LogP contribution in [-0.4, -0.2) is 60.6 Å². The summed E-state index contributed by atoms with van der Waals surface area (Å²) in [5.41, 5.74) is 1.96. The second-order valence-corrected chi connectivity index (χ2v) is 7.25. The Bertz CT molecular complexity index is 968. The lowest BCUT2D eigenvalue weighted by atomic mass is 10.0. The van der Waals surface area contributed by atoms with Gasteiger partial charge >= 0.3 is 0 Å². The van der Waals surface area contributed by atoms with Crippen molar-refractivity contribution in [3.05, 3.63) is 65.4 Å². The fourth-order valence-electron chi connectivity index (χ4n) is 3.52. The van der Waals surface area contributed by atoms with Crippen LogP contribution in [0.5, 0.6) is 11.5 Å². The summed E-state index contributed by atoms with van der Waals surface area (Å²) in [6, 6.07) is 14.4. The Morgan fingerprint density at radius 3 is 2.39 bits per heavy atom. The fourth-order valence-corrected chi connectivity index (χ4v) is 3.52. The molecule has 1 aliphatic heterocycles. The molecule has 0 aromatic heterocycles. The minimum absolute atomic E-state index is 0.0966. The molecule has 164 valence electrons. The van der Waals surface area contributed by atoms with Crippen LogP contribution in [0.4, 0.5) is 0 Å². The number of aliphatic hydroxyl groups excluding tert-OH is 1. The number of nitrogens with zero attached hydrogens (tertiary/aromatic N) is 2. The number of hydrogen-bond donors (Lipinski definition) is 1. The number of aliphatic hydroxyl groups is 1. The molecule has 31 heavy (non-hydrogen) atoms. The van der Waals surface area contributed by atoms with Crippen molar-refractivity contribution in [3.63, 3.8) is 0 Å². The second-order valence-electron chi connectivity index (χ2n) is 7.25. The van der Waals surface area contributed by atoms with E-state index >= 15 is 0 Å². The van der Waals surface area contributed by atoms with Gasteiger partial charge < -0.3 is 19.5 Å². The lowest BCUT2D eigenvalue weighted by molar-refractivity contribution is -0.138. The molecule has 0 saturated heterocycles. The van der Waals surface area contributed by atoms with Crippen molar-refractivity contribution in [2.75, 3.05) is 33.9 Å². The highest BCUT2D eigenvalue weighted by Gasteiger charge is 2.40. The molecular formula is C24H28N2O5. The maximum absolute atomic E-state index is 13.4. The molecule has 3 rings (SSSR count). The Hall–Kier alpha value is -3.32. The number of rotatable bonds is 10. The van der Waals surface area contributed by atoms with E-state index in [0.717, 1.165) is 12.0 Å². The topological polar surface area (TPSA) is 79.3 Å². The molecule has 0 unspecified atom stereocenters. The highest BCUT2D eigenvalue weighted by molar-refractivity contribution is 6.35. The van der Waals surface area contributed by atoms with E-state index in [0.29, 0.717) is 29.2 Å². The molecule has 0 saturated carbocycles. The van der Waals surface area contributed by atoms with Crippen molar-refractivity contribution in [3.8, 4) is 11.5 Å². The molecule has 1 aliphatic rings. The van der Waals surface area contributed by atoms with Crippen LogP contribution in [0.3, 0.4) is 0 Å². The van der Waals surface area contributed by atoms with Crippen molar-refractivity contribution in [1.82, 2.24) is 9.80 Å². The molecule has 0 atom stereocenters. The smallest absolute Gasteiger partial charge is 0.278 e. The molecule has 7 heteroatoms. The zero-order valence-electron chi connectivity index (χ0n) is 18.1. The third kappa shape index (κ3) is 4.72. The SMILES string of the molecule is CCCOc1ccc(C2=C(N(C)CCO)C(=O)N(Cc3ccccc3OC)C2=O)cc1. The van der Waals surface area contributed by atoms with Crippen molar-refractivity contribution in [1.29, 1.82) is 0 Å². The molecule has 2 amide bonds. The van der Waals surface area contributed by atoms with Gasteiger partial charge in [-0.25, -0.2) is 0 Å². The van der Waals surface area contributed by atoms with Gasteiger partial charge in [0, 0.05) is 19.2 Å². The predicted molar refractivity (Wildman–Crippen MR) is 117 cm³/mol. The summed E-state index contributed by atoms with van der Waals surface area (Å²) in [5, 5.41) is 9.39. The largest absolute Gasteiger partial charge is 0.496 e. The highest BCUT2D eigenvalue weighted by atomic mass is 16.5. The second kappa shape index (κ2) is 10.1. The fraction of sp³-hybridized carbons (Fsp3) is 0.333. The van der Waals surface area contributed by atoms with Crippen LogP contribution in [0.2, 0.25) is 0 Å². The van der Waals surface area contributed by atoms with Crippen LogP contribution >= 0.6 is 0 Å². The first-order valence-electron chi connectivity index (χ1n) is 10.3. The minimum atomic E-state index is -0.395. The molecule has 2 aromatic rings. The molecule has 0 radical (unpaired) electrons. The predicted octanol–water partition coefficient (Wildman–Crippen LogP) is 2.69. The summed E-state index contributed by atoms with van der Waals surface area (Å²) in [5.74, 6) is 0.546. The Labute approximate surface area is 182 Å². The average molecular weight is 424 g/mol. The Kier molecular flexibility index (Phi) is 7.31. The van der Waals surface area contributed by atoms with Gasteiger partial charge in [-0.3, -0.25) is 14.5 Å². The van der Waals surface area contributed by atoms with Crippen LogP contribution < -0.4 is 9.47 Å². The average Bonchev–Trinajstić information content (AvgIpc) is 3.03. The van der Waals surface area contributed by atoms with Crippen LogP contribution in [-0.2, 0) is 16.1 Å². The monoisotopic (exact) mass is 424 g/mol. The Balaban J connectivity index is 1.97. The quantitative estimate of drug-likeness (QED) is 0.591. The molecule has 0 spiro atoms. The number of ether oxygens (including phenoxy) is 2. The van der Waals surface area contributed by atoms with E-state index in [-0.39, 0.29) is 31.3 Å². The highest BCUT2D eigenvalue weighted by Crippen LogP contribution is 2.33. The summed E-state index contributed by atoms with van der Waals surface area (Å²) in [6.45, 7) is 2.83. The lowest BCUT2D eigenvalue weighted by Gasteiger charge is -2.21. The number of amides is 2. The van der Waals surface area contributed by atoms with E-state index < -0.39 is 5.91 Å². The number of methoxy groups -OCH3 is 1. The summed E-state index contributed by atoms with van der Waals surface area (Å²) < 4.78 is 11.0. The third-order valence-corrected chi connectivity index (χ3v) is 5.10. The molecule has 2 aromatic carbocycles. The van der Waals surface area contributed by atoms with Gasteiger partial charge in [0.2, 0.25) is 0 Å². The summed E-state index contributed by atoms with van der Waals surface area (Å²) >= 11 is 0.